The van der Waals surface area contributed by atoms with Crippen molar-refractivity contribution in [2.45, 2.75) is 52.6 Å². The van der Waals surface area contributed by atoms with E-state index in [-0.39, 0.29) is 0 Å². The fraction of sp³-hybridized carbons (Fsp3) is 0.625. The van der Waals surface area contributed by atoms with E-state index < -0.39 is 0 Å². The van der Waals surface area contributed by atoms with Gasteiger partial charge >= 0.3 is 0 Å². The maximum atomic E-state index is 3.68. The van der Waals surface area contributed by atoms with Crippen LogP contribution in [-0.4, -0.2) is 19.6 Å². The lowest BCUT2D eigenvalue weighted by Crippen LogP contribution is -2.22. The van der Waals surface area contributed by atoms with E-state index in [0.29, 0.717) is 6.04 Å². The molecule has 1 aromatic carbocycles. The number of rotatable bonds is 8. The number of nitrogens with zero attached hydrogens (tertiary/aromatic N) is 1. The van der Waals surface area contributed by atoms with E-state index >= 15 is 0 Å². The van der Waals surface area contributed by atoms with E-state index in [4.69, 9.17) is 0 Å². The molecule has 108 valence electrons. The fourth-order valence-electron chi connectivity index (χ4n) is 1.96. The largest absolute Gasteiger partial charge is 0.375 e. The molecule has 1 aromatic rings. The number of halogens is 1. The molecule has 0 bridgehead atoms. The first kappa shape index (κ1) is 16.5. The second kappa shape index (κ2) is 8.60. The molecule has 1 N–H and O–H groups in total. The first-order valence-corrected chi connectivity index (χ1v) is 8.06. The standard InChI is InChI=1S/C16H27BrN2/c1-5-6-7-10-19(4)15-9-8-14(16(17)11-15)12-18-13(2)3/h8-9,11,13,18H,5-7,10,12H2,1-4H3. The van der Waals surface area contributed by atoms with Gasteiger partial charge in [-0.3, -0.25) is 0 Å². The second-order valence-electron chi connectivity index (χ2n) is 5.44. The van der Waals surface area contributed by atoms with Crippen LogP contribution in [0.25, 0.3) is 0 Å². The number of benzene rings is 1. The van der Waals surface area contributed by atoms with E-state index in [2.05, 4.69) is 72.2 Å². The predicted octanol–water partition coefficient (Wildman–Crippen LogP) is 4.57. The zero-order chi connectivity index (χ0) is 14.3. The zero-order valence-electron chi connectivity index (χ0n) is 12.7. The molecule has 0 amide bonds. The molecule has 0 radical (unpaired) electrons. The first-order chi connectivity index (χ1) is 9.04. The molecule has 0 aliphatic heterocycles. The van der Waals surface area contributed by atoms with Crippen LogP contribution in [0.3, 0.4) is 0 Å². The Balaban J connectivity index is 2.59. The predicted molar refractivity (Wildman–Crippen MR) is 88.9 cm³/mol. The van der Waals surface area contributed by atoms with E-state index in [1.54, 1.807) is 0 Å². The van der Waals surface area contributed by atoms with Crippen LogP contribution in [0.1, 0.15) is 45.6 Å². The van der Waals surface area contributed by atoms with Crippen LogP contribution in [0, 0.1) is 0 Å². The monoisotopic (exact) mass is 326 g/mol. The summed E-state index contributed by atoms with van der Waals surface area (Å²) in [6.45, 7) is 8.63. The molecule has 0 aromatic heterocycles. The lowest BCUT2D eigenvalue weighted by molar-refractivity contribution is 0.588. The minimum Gasteiger partial charge on any atom is -0.375 e. The van der Waals surface area contributed by atoms with Gasteiger partial charge in [0.1, 0.15) is 0 Å². The number of hydrogen-bond donors (Lipinski definition) is 1. The Labute approximate surface area is 126 Å². The van der Waals surface area contributed by atoms with Crippen molar-refractivity contribution in [1.82, 2.24) is 5.32 Å². The maximum Gasteiger partial charge on any atom is 0.0375 e. The summed E-state index contributed by atoms with van der Waals surface area (Å²) in [5, 5.41) is 3.45. The third-order valence-electron chi connectivity index (χ3n) is 3.28. The Morgan fingerprint density at radius 2 is 2.00 bits per heavy atom. The first-order valence-electron chi connectivity index (χ1n) is 7.27. The molecule has 0 unspecified atom stereocenters. The van der Waals surface area contributed by atoms with Gasteiger partial charge in [0, 0.05) is 36.3 Å². The molecule has 0 heterocycles. The van der Waals surface area contributed by atoms with E-state index in [0.717, 1.165) is 13.1 Å². The number of nitrogens with one attached hydrogen (secondary N) is 1. The Bertz CT molecular complexity index is 377. The molecule has 0 aliphatic rings. The minimum atomic E-state index is 0.517. The molecule has 0 saturated carbocycles. The van der Waals surface area contributed by atoms with E-state index in [1.165, 1.54) is 35.0 Å². The van der Waals surface area contributed by atoms with Crippen LogP contribution in [0.15, 0.2) is 22.7 Å². The zero-order valence-corrected chi connectivity index (χ0v) is 14.3. The van der Waals surface area contributed by atoms with Crippen molar-refractivity contribution in [3.8, 4) is 0 Å². The topological polar surface area (TPSA) is 15.3 Å². The van der Waals surface area contributed by atoms with E-state index in [1.807, 2.05) is 0 Å². The smallest absolute Gasteiger partial charge is 0.0375 e. The average Bonchev–Trinajstić information content (AvgIpc) is 2.37. The molecule has 19 heavy (non-hydrogen) atoms. The molecule has 0 spiro atoms. The number of hydrogen-bond acceptors (Lipinski definition) is 2. The molecule has 0 fully saturated rings. The van der Waals surface area contributed by atoms with Gasteiger partial charge in [-0.2, -0.15) is 0 Å². The summed E-state index contributed by atoms with van der Waals surface area (Å²) in [6.07, 6.45) is 3.85. The van der Waals surface area contributed by atoms with Gasteiger partial charge in [0.2, 0.25) is 0 Å². The lowest BCUT2D eigenvalue weighted by atomic mass is 10.1. The molecule has 0 aliphatic carbocycles. The Kier molecular flexibility index (Phi) is 7.47. The maximum absolute atomic E-state index is 3.68. The quantitative estimate of drug-likeness (QED) is 0.704. The van der Waals surface area contributed by atoms with Gasteiger partial charge in [-0.1, -0.05) is 55.6 Å². The Morgan fingerprint density at radius 3 is 2.58 bits per heavy atom. The number of anilines is 1. The highest BCUT2D eigenvalue weighted by Crippen LogP contribution is 2.24. The fourth-order valence-corrected chi connectivity index (χ4v) is 2.47. The summed E-state index contributed by atoms with van der Waals surface area (Å²) in [5.74, 6) is 0. The van der Waals surface area contributed by atoms with Gasteiger partial charge in [0.15, 0.2) is 0 Å². The van der Waals surface area contributed by atoms with Gasteiger partial charge in [-0.05, 0) is 24.1 Å². The van der Waals surface area contributed by atoms with Gasteiger partial charge in [0.05, 0.1) is 0 Å². The van der Waals surface area contributed by atoms with Crippen molar-refractivity contribution in [3.05, 3.63) is 28.2 Å². The van der Waals surface area contributed by atoms with Crippen LogP contribution in [0.5, 0.6) is 0 Å². The highest BCUT2D eigenvalue weighted by molar-refractivity contribution is 9.10. The van der Waals surface area contributed by atoms with Crippen molar-refractivity contribution >= 4 is 21.6 Å². The molecule has 3 heteroatoms. The van der Waals surface area contributed by atoms with Gasteiger partial charge < -0.3 is 10.2 Å². The van der Waals surface area contributed by atoms with Crippen molar-refractivity contribution in [2.24, 2.45) is 0 Å². The van der Waals surface area contributed by atoms with Crippen molar-refractivity contribution in [3.63, 3.8) is 0 Å². The SMILES string of the molecule is CCCCCN(C)c1ccc(CNC(C)C)c(Br)c1. The summed E-state index contributed by atoms with van der Waals surface area (Å²) in [6, 6.07) is 7.17. The summed E-state index contributed by atoms with van der Waals surface area (Å²) in [7, 11) is 2.17. The Hall–Kier alpha value is -0.540. The van der Waals surface area contributed by atoms with Crippen LogP contribution < -0.4 is 10.2 Å². The third kappa shape index (κ3) is 5.96. The van der Waals surface area contributed by atoms with E-state index in [9.17, 15) is 0 Å². The van der Waals surface area contributed by atoms with Gasteiger partial charge in [-0.15, -0.1) is 0 Å². The normalized spacial score (nSPS) is 11.1. The minimum absolute atomic E-state index is 0.517. The van der Waals surface area contributed by atoms with Gasteiger partial charge in [0.25, 0.3) is 0 Å². The summed E-state index contributed by atoms with van der Waals surface area (Å²) in [4.78, 5) is 2.33. The van der Waals surface area contributed by atoms with Crippen LogP contribution in [0.4, 0.5) is 5.69 Å². The van der Waals surface area contributed by atoms with Crippen molar-refractivity contribution < 1.29 is 0 Å². The molecule has 1 rings (SSSR count). The summed E-state index contributed by atoms with van der Waals surface area (Å²) < 4.78 is 1.19. The molecule has 2 nitrogen and oxygen atoms in total. The number of unbranched alkanes of at least 4 members (excludes halogenated alkanes) is 2. The van der Waals surface area contributed by atoms with Crippen molar-refractivity contribution in [1.29, 1.82) is 0 Å². The third-order valence-corrected chi connectivity index (χ3v) is 4.01. The highest BCUT2D eigenvalue weighted by Gasteiger charge is 2.05. The molecule has 0 atom stereocenters. The van der Waals surface area contributed by atoms with Crippen LogP contribution in [-0.2, 0) is 6.54 Å². The van der Waals surface area contributed by atoms with Crippen molar-refractivity contribution in [2.75, 3.05) is 18.5 Å². The lowest BCUT2D eigenvalue weighted by Gasteiger charge is -2.20. The molecular formula is C16H27BrN2. The average molecular weight is 327 g/mol. The molecule has 0 saturated heterocycles. The summed E-state index contributed by atoms with van der Waals surface area (Å²) in [5.41, 5.74) is 2.61. The highest BCUT2D eigenvalue weighted by atomic mass is 79.9. The molecular weight excluding hydrogens is 300 g/mol. The van der Waals surface area contributed by atoms with Crippen LogP contribution >= 0.6 is 15.9 Å². The van der Waals surface area contributed by atoms with Crippen LogP contribution in [0.2, 0.25) is 0 Å². The summed E-state index contributed by atoms with van der Waals surface area (Å²) >= 11 is 3.68. The van der Waals surface area contributed by atoms with Gasteiger partial charge in [-0.25, -0.2) is 0 Å². The Morgan fingerprint density at radius 1 is 1.26 bits per heavy atom. The second-order valence-corrected chi connectivity index (χ2v) is 6.29.